The van der Waals surface area contributed by atoms with Crippen LogP contribution in [0.5, 0.6) is 0 Å². The lowest BCUT2D eigenvalue weighted by Crippen LogP contribution is -2.21. The summed E-state index contributed by atoms with van der Waals surface area (Å²) in [4.78, 5) is 14.2. The molecule has 0 aliphatic heterocycles. The van der Waals surface area contributed by atoms with Gasteiger partial charge in [-0.2, -0.15) is 4.98 Å². The lowest BCUT2D eigenvalue weighted by molar-refractivity contribution is 0.0690. The van der Waals surface area contributed by atoms with E-state index in [2.05, 4.69) is 10.3 Å². The molecule has 1 saturated carbocycles. The molecule has 0 radical (unpaired) electrons. The summed E-state index contributed by atoms with van der Waals surface area (Å²) in [7, 11) is 0. The molecule has 76 valence electrons. The van der Waals surface area contributed by atoms with Crippen LogP contribution in [0.2, 0.25) is 0 Å². The summed E-state index contributed by atoms with van der Waals surface area (Å²) in [5.41, 5.74) is -0.0545. The first-order chi connectivity index (χ1) is 6.75. The average molecular weight is 196 g/mol. The Morgan fingerprint density at radius 3 is 3.00 bits per heavy atom. The molecule has 1 fully saturated rings. The third-order valence-electron chi connectivity index (χ3n) is 2.49. The topological polar surface area (TPSA) is 75.4 Å². The number of carboxylic acids is 1. The monoisotopic (exact) mass is 196 g/mol. The number of aromatic carboxylic acids is 1. The molecular weight excluding hydrogens is 184 g/mol. The number of aromatic nitrogens is 1. The smallest absolute Gasteiger partial charge is 0.357 e. The van der Waals surface area contributed by atoms with Crippen LogP contribution < -0.4 is 5.32 Å². The highest BCUT2D eigenvalue weighted by Gasteiger charge is 2.18. The van der Waals surface area contributed by atoms with Gasteiger partial charge in [-0.1, -0.05) is 6.42 Å². The molecule has 2 rings (SSSR count). The van der Waals surface area contributed by atoms with Crippen LogP contribution >= 0.6 is 0 Å². The van der Waals surface area contributed by atoms with E-state index in [0.29, 0.717) is 11.9 Å². The summed E-state index contributed by atoms with van der Waals surface area (Å²) in [6, 6.07) is 0.300. The van der Waals surface area contributed by atoms with Crippen LogP contribution in [0.3, 0.4) is 0 Å². The van der Waals surface area contributed by atoms with Gasteiger partial charge in [0.05, 0.1) is 0 Å². The largest absolute Gasteiger partial charge is 0.476 e. The maximum atomic E-state index is 10.5. The molecule has 5 heteroatoms. The summed E-state index contributed by atoms with van der Waals surface area (Å²) in [6.07, 6.45) is 4.91. The molecule has 2 N–H and O–H groups in total. The Balaban J connectivity index is 1.86. The molecule has 1 heterocycles. The first-order valence-corrected chi connectivity index (χ1v) is 4.68. The fourth-order valence-electron chi connectivity index (χ4n) is 1.38. The van der Waals surface area contributed by atoms with Crippen molar-refractivity contribution in [2.24, 2.45) is 5.92 Å². The van der Waals surface area contributed by atoms with Gasteiger partial charge in [-0.15, -0.1) is 0 Å². The van der Waals surface area contributed by atoms with Crippen molar-refractivity contribution >= 4 is 12.0 Å². The zero-order chi connectivity index (χ0) is 9.97. The van der Waals surface area contributed by atoms with Gasteiger partial charge in [0.2, 0.25) is 0 Å². The number of nitrogens with zero attached hydrogens (tertiary/aromatic N) is 1. The minimum absolute atomic E-state index is 0.0545. The Kier molecular flexibility index (Phi) is 2.39. The minimum Gasteiger partial charge on any atom is -0.476 e. The van der Waals surface area contributed by atoms with Gasteiger partial charge in [-0.3, -0.25) is 0 Å². The first-order valence-electron chi connectivity index (χ1n) is 4.68. The van der Waals surface area contributed by atoms with Gasteiger partial charge in [0.1, 0.15) is 6.26 Å². The predicted molar refractivity (Wildman–Crippen MR) is 49.3 cm³/mol. The van der Waals surface area contributed by atoms with Crippen molar-refractivity contribution in [3.8, 4) is 0 Å². The highest BCUT2D eigenvalue weighted by molar-refractivity contribution is 5.85. The lowest BCUT2D eigenvalue weighted by Gasteiger charge is -2.24. The van der Waals surface area contributed by atoms with Crippen molar-refractivity contribution < 1.29 is 14.3 Å². The van der Waals surface area contributed by atoms with Gasteiger partial charge >= 0.3 is 5.97 Å². The normalized spacial score (nSPS) is 16.3. The van der Waals surface area contributed by atoms with Gasteiger partial charge in [-0.05, 0) is 18.8 Å². The fraction of sp³-hybridized carbons (Fsp3) is 0.556. The van der Waals surface area contributed by atoms with E-state index >= 15 is 0 Å². The Bertz CT molecular complexity index is 331. The molecule has 1 aliphatic carbocycles. The molecule has 0 unspecified atom stereocenters. The molecule has 0 spiro atoms. The van der Waals surface area contributed by atoms with E-state index in [1.54, 1.807) is 0 Å². The molecule has 1 aliphatic rings. The number of hydrogen-bond donors (Lipinski definition) is 2. The molecule has 0 saturated heterocycles. The summed E-state index contributed by atoms with van der Waals surface area (Å²) >= 11 is 0. The van der Waals surface area contributed by atoms with E-state index in [4.69, 9.17) is 9.52 Å². The molecule has 1 aromatic heterocycles. The number of carbonyl (C=O) groups is 1. The van der Waals surface area contributed by atoms with E-state index in [-0.39, 0.29) is 5.69 Å². The highest BCUT2D eigenvalue weighted by atomic mass is 16.4. The van der Waals surface area contributed by atoms with E-state index in [9.17, 15) is 4.79 Å². The van der Waals surface area contributed by atoms with Gasteiger partial charge in [0.15, 0.2) is 5.69 Å². The molecule has 14 heavy (non-hydrogen) atoms. The van der Waals surface area contributed by atoms with Gasteiger partial charge in [0.25, 0.3) is 6.01 Å². The van der Waals surface area contributed by atoms with Crippen LogP contribution in [0.4, 0.5) is 6.01 Å². The second-order valence-electron chi connectivity index (χ2n) is 3.52. The molecule has 0 amide bonds. The Labute approximate surface area is 81.1 Å². The maximum Gasteiger partial charge on any atom is 0.357 e. The van der Waals surface area contributed by atoms with E-state index in [0.717, 1.165) is 12.8 Å². The second kappa shape index (κ2) is 3.69. The third kappa shape index (κ3) is 1.86. The number of hydrogen-bond acceptors (Lipinski definition) is 4. The predicted octanol–water partition coefficient (Wildman–Crippen LogP) is 1.58. The van der Waals surface area contributed by atoms with Crippen molar-refractivity contribution in [1.29, 1.82) is 0 Å². The van der Waals surface area contributed by atoms with Gasteiger partial charge in [-0.25, -0.2) is 4.79 Å². The van der Waals surface area contributed by atoms with Crippen molar-refractivity contribution in [2.45, 2.75) is 19.3 Å². The number of oxazole rings is 1. The van der Waals surface area contributed by atoms with Crippen LogP contribution in [-0.4, -0.2) is 22.6 Å². The van der Waals surface area contributed by atoms with Crippen molar-refractivity contribution in [1.82, 2.24) is 4.98 Å². The number of anilines is 1. The summed E-state index contributed by atoms with van der Waals surface area (Å²) in [5.74, 6) is -0.374. The molecular formula is C9H12N2O3. The Morgan fingerprint density at radius 2 is 2.50 bits per heavy atom. The zero-order valence-corrected chi connectivity index (χ0v) is 7.69. The Morgan fingerprint density at radius 1 is 1.71 bits per heavy atom. The summed E-state index contributed by atoms with van der Waals surface area (Å²) in [5, 5.41) is 11.6. The van der Waals surface area contributed by atoms with Crippen LogP contribution in [0, 0.1) is 5.92 Å². The SMILES string of the molecule is O=C(O)c1coc(NCC2CCC2)n1. The molecule has 5 nitrogen and oxygen atoms in total. The molecule has 0 atom stereocenters. The van der Waals surface area contributed by atoms with Crippen molar-refractivity contribution in [3.63, 3.8) is 0 Å². The van der Waals surface area contributed by atoms with Crippen molar-refractivity contribution in [3.05, 3.63) is 12.0 Å². The average Bonchev–Trinajstić information content (AvgIpc) is 2.50. The number of nitrogens with one attached hydrogen (secondary N) is 1. The zero-order valence-electron chi connectivity index (χ0n) is 7.69. The minimum atomic E-state index is -1.06. The quantitative estimate of drug-likeness (QED) is 0.764. The van der Waals surface area contributed by atoms with Crippen LogP contribution in [-0.2, 0) is 0 Å². The van der Waals surface area contributed by atoms with Gasteiger partial charge < -0.3 is 14.8 Å². The van der Waals surface area contributed by atoms with E-state index in [1.165, 1.54) is 19.3 Å². The number of rotatable bonds is 4. The Hall–Kier alpha value is -1.52. The van der Waals surface area contributed by atoms with E-state index in [1.807, 2.05) is 0 Å². The van der Waals surface area contributed by atoms with E-state index < -0.39 is 5.97 Å². The molecule has 1 aromatic rings. The molecule has 0 bridgehead atoms. The number of carboxylic acid groups (broad SMARTS) is 1. The van der Waals surface area contributed by atoms with Crippen LogP contribution in [0.15, 0.2) is 10.7 Å². The second-order valence-corrected chi connectivity index (χ2v) is 3.52. The molecule has 0 aromatic carbocycles. The fourth-order valence-corrected chi connectivity index (χ4v) is 1.38. The first kappa shape index (κ1) is 9.05. The maximum absolute atomic E-state index is 10.5. The van der Waals surface area contributed by atoms with Crippen molar-refractivity contribution in [2.75, 3.05) is 11.9 Å². The van der Waals surface area contributed by atoms with Crippen LogP contribution in [0.25, 0.3) is 0 Å². The highest BCUT2D eigenvalue weighted by Crippen LogP contribution is 2.26. The standard InChI is InChI=1S/C9H12N2O3/c12-8(13)7-5-14-9(11-7)10-4-6-2-1-3-6/h5-6H,1-4H2,(H,10,11)(H,12,13). The lowest BCUT2D eigenvalue weighted by atomic mass is 9.85. The summed E-state index contributed by atoms with van der Waals surface area (Å²) in [6.45, 7) is 0.819. The third-order valence-corrected chi connectivity index (χ3v) is 2.49. The summed E-state index contributed by atoms with van der Waals surface area (Å²) < 4.78 is 4.94. The van der Waals surface area contributed by atoms with Gasteiger partial charge in [0, 0.05) is 6.54 Å². The van der Waals surface area contributed by atoms with Crippen LogP contribution in [0.1, 0.15) is 29.8 Å².